The molecule has 1 aromatic carbocycles. The molecule has 2 N–H and O–H groups in total. The summed E-state index contributed by atoms with van der Waals surface area (Å²) in [5, 5.41) is 7.22. The second kappa shape index (κ2) is 7.23. The minimum atomic E-state index is -0.447. The van der Waals surface area contributed by atoms with E-state index >= 15 is 0 Å². The lowest BCUT2D eigenvalue weighted by atomic mass is 9.91. The van der Waals surface area contributed by atoms with Crippen LogP contribution in [0.25, 0.3) is 0 Å². The molecule has 0 aliphatic heterocycles. The number of benzene rings is 1. The third-order valence-corrected chi connectivity index (χ3v) is 3.92. The molecule has 5 heteroatoms. The lowest BCUT2D eigenvalue weighted by molar-refractivity contribution is 0.0492. The molecule has 122 valence electrons. The average molecular weight is 325 g/mol. The third kappa shape index (κ3) is 5.76. The highest BCUT2D eigenvalue weighted by Crippen LogP contribution is 2.23. The van der Waals surface area contributed by atoms with E-state index in [1.165, 1.54) is 0 Å². The summed E-state index contributed by atoms with van der Waals surface area (Å²) in [6.07, 6.45) is 3.67. The van der Waals surface area contributed by atoms with Crippen molar-refractivity contribution >= 4 is 23.4 Å². The van der Waals surface area contributed by atoms with Crippen LogP contribution < -0.4 is 10.6 Å². The number of hydrogen-bond acceptors (Lipinski definition) is 3. The maximum atomic E-state index is 11.8. The van der Waals surface area contributed by atoms with Gasteiger partial charge in [-0.2, -0.15) is 0 Å². The van der Waals surface area contributed by atoms with E-state index in [1.807, 2.05) is 45.0 Å². The molecule has 2 rings (SSSR count). The van der Waals surface area contributed by atoms with Crippen LogP contribution in [0.4, 0.5) is 10.5 Å². The topological polar surface area (TPSA) is 50.4 Å². The number of anilines is 1. The van der Waals surface area contributed by atoms with Crippen molar-refractivity contribution in [1.29, 1.82) is 0 Å². The molecule has 1 aliphatic carbocycles. The summed E-state index contributed by atoms with van der Waals surface area (Å²) in [4.78, 5) is 11.8. The van der Waals surface area contributed by atoms with E-state index < -0.39 is 5.60 Å². The second-order valence-corrected chi connectivity index (χ2v) is 7.28. The van der Waals surface area contributed by atoms with Gasteiger partial charge in [-0.1, -0.05) is 11.6 Å². The Hall–Kier alpha value is -1.42. The van der Waals surface area contributed by atoms with Gasteiger partial charge in [0.2, 0.25) is 0 Å². The molecular formula is C17H25ClN2O2. The molecule has 0 bridgehead atoms. The fourth-order valence-corrected chi connectivity index (χ4v) is 2.76. The summed E-state index contributed by atoms with van der Waals surface area (Å²) >= 11 is 5.89. The third-order valence-electron chi connectivity index (χ3n) is 3.66. The minimum Gasteiger partial charge on any atom is -0.444 e. The van der Waals surface area contributed by atoms with Crippen LogP contribution in [0.15, 0.2) is 24.3 Å². The van der Waals surface area contributed by atoms with Gasteiger partial charge < -0.3 is 15.4 Å². The number of halogens is 1. The van der Waals surface area contributed by atoms with Gasteiger partial charge in [0.1, 0.15) is 5.60 Å². The van der Waals surface area contributed by atoms with E-state index in [2.05, 4.69) is 10.6 Å². The molecule has 0 spiro atoms. The lowest BCUT2D eigenvalue weighted by Crippen LogP contribution is -2.42. The van der Waals surface area contributed by atoms with Gasteiger partial charge in [0.05, 0.1) is 0 Å². The molecule has 1 amide bonds. The lowest BCUT2D eigenvalue weighted by Gasteiger charge is -2.31. The van der Waals surface area contributed by atoms with Crippen molar-refractivity contribution in [3.05, 3.63) is 29.3 Å². The Bertz CT molecular complexity index is 488. The molecule has 1 aliphatic rings. The smallest absolute Gasteiger partial charge is 0.407 e. The van der Waals surface area contributed by atoms with Crippen LogP contribution in [0.3, 0.4) is 0 Å². The van der Waals surface area contributed by atoms with Gasteiger partial charge in [-0.3, -0.25) is 0 Å². The quantitative estimate of drug-likeness (QED) is 0.855. The van der Waals surface area contributed by atoms with Crippen LogP contribution in [0.1, 0.15) is 46.5 Å². The largest absolute Gasteiger partial charge is 0.444 e. The molecular weight excluding hydrogens is 300 g/mol. The summed E-state index contributed by atoms with van der Waals surface area (Å²) < 4.78 is 5.30. The van der Waals surface area contributed by atoms with Gasteiger partial charge in [0.25, 0.3) is 0 Å². The van der Waals surface area contributed by atoms with Crippen molar-refractivity contribution in [2.24, 2.45) is 0 Å². The van der Waals surface area contributed by atoms with Gasteiger partial charge in [-0.25, -0.2) is 4.79 Å². The Morgan fingerprint density at radius 2 is 1.64 bits per heavy atom. The molecule has 1 fully saturated rings. The number of nitrogens with one attached hydrogen (secondary N) is 2. The highest BCUT2D eigenvalue weighted by Gasteiger charge is 2.24. The van der Waals surface area contributed by atoms with Gasteiger partial charge >= 0.3 is 6.09 Å². The van der Waals surface area contributed by atoms with Crippen molar-refractivity contribution in [2.45, 2.75) is 64.1 Å². The number of ether oxygens (including phenoxy) is 1. The van der Waals surface area contributed by atoms with Crippen molar-refractivity contribution in [3.8, 4) is 0 Å². The number of rotatable bonds is 3. The zero-order chi connectivity index (χ0) is 16.2. The maximum absolute atomic E-state index is 11.8. The average Bonchev–Trinajstić information content (AvgIpc) is 2.41. The van der Waals surface area contributed by atoms with E-state index in [1.54, 1.807) is 0 Å². The second-order valence-electron chi connectivity index (χ2n) is 6.85. The van der Waals surface area contributed by atoms with Crippen LogP contribution in [0.2, 0.25) is 5.02 Å². The first-order valence-electron chi connectivity index (χ1n) is 7.83. The van der Waals surface area contributed by atoms with E-state index in [4.69, 9.17) is 16.3 Å². The van der Waals surface area contributed by atoms with E-state index in [0.29, 0.717) is 6.04 Å². The number of carbonyl (C=O) groups is 1. The SMILES string of the molecule is CC(C)(C)OC(=O)NC1CCC(Nc2ccc(Cl)cc2)CC1. The first-order chi connectivity index (χ1) is 10.3. The minimum absolute atomic E-state index is 0.207. The molecule has 0 heterocycles. The van der Waals surface area contributed by atoms with Crippen LogP contribution in [0.5, 0.6) is 0 Å². The fraction of sp³-hybridized carbons (Fsp3) is 0.588. The zero-order valence-corrected chi connectivity index (χ0v) is 14.2. The standard InChI is InChI=1S/C17H25ClN2O2/c1-17(2,3)22-16(21)20-15-10-8-14(9-11-15)19-13-6-4-12(18)5-7-13/h4-7,14-15,19H,8-11H2,1-3H3,(H,20,21). The van der Waals surface area contributed by atoms with Gasteiger partial charge in [0.15, 0.2) is 0 Å². The summed E-state index contributed by atoms with van der Waals surface area (Å²) in [5.74, 6) is 0. The van der Waals surface area contributed by atoms with E-state index in [9.17, 15) is 4.79 Å². The molecule has 0 aromatic heterocycles. The highest BCUT2D eigenvalue weighted by atomic mass is 35.5. The van der Waals surface area contributed by atoms with Crippen LogP contribution in [0, 0.1) is 0 Å². The number of amides is 1. The van der Waals surface area contributed by atoms with Crippen molar-refractivity contribution in [1.82, 2.24) is 5.32 Å². The monoisotopic (exact) mass is 324 g/mol. The summed E-state index contributed by atoms with van der Waals surface area (Å²) in [5.41, 5.74) is 0.644. The zero-order valence-electron chi connectivity index (χ0n) is 13.5. The first kappa shape index (κ1) is 16.9. The first-order valence-corrected chi connectivity index (χ1v) is 8.21. The maximum Gasteiger partial charge on any atom is 0.407 e. The molecule has 0 radical (unpaired) electrons. The van der Waals surface area contributed by atoms with Crippen molar-refractivity contribution in [2.75, 3.05) is 5.32 Å². The van der Waals surface area contributed by atoms with Gasteiger partial charge in [-0.05, 0) is 70.7 Å². The molecule has 1 aromatic rings. The van der Waals surface area contributed by atoms with Crippen LogP contribution in [-0.4, -0.2) is 23.8 Å². The molecule has 22 heavy (non-hydrogen) atoms. The van der Waals surface area contributed by atoms with Gasteiger partial charge in [-0.15, -0.1) is 0 Å². The predicted octanol–water partition coefficient (Wildman–Crippen LogP) is 4.59. The van der Waals surface area contributed by atoms with E-state index in [-0.39, 0.29) is 12.1 Å². The molecule has 0 unspecified atom stereocenters. The molecule has 0 saturated heterocycles. The Labute approximate surface area is 137 Å². The predicted molar refractivity (Wildman–Crippen MR) is 90.5 cm³/mol. The summed E-state index contributed by atoms with van der Waals surface area (Å²) in [6, 6.07) is 8.41. The Morgan fingerprint density at radius 1 is 1.09 bits per heavy atom. The highest BCUT2D eigenvalue weighted by molar-refractivity contribution is 6.30. The molecule has 0 atom stereocenters. The van der Waals surface area contributed by atoms with Crippen LogP contribution in [-0.2, 0) is 4.74 Å². The Kier molecular flexibility index (Phi) is 5.57. The number of carbonyl (C=O) groups excluding carboxylic acids is 1. The Morgan fingerprint density at radius 3 is 2.18 bits per heavy atom. The van der Waals surface area contributed by atoms with Crippen molar-refractivity contribution in [3.63, 3.8) is 0 Å². The number of hydrogen-bond donors (Lipinski definition) is 2. The van der Waals surface area contributed by atoms with Crippen LogP contribution >= 0.6 is 11.6 Å². The van der Waals surface area contributed by atoms with Gasteiger partial charge in [0, 0.05) is 22.8 Å². The molecule has 1 saturated carbocycles. The van der Waals surface area contributed by atoms with E-state index in [0.717, 1.165) is 36.4 Å². The normalized spacial score (nSPS) is 22.0. The Balaban J connectivity index is 1.73. The van der Waals surface area contributed by atoms with Crippen molar-refractivity contribution < 1.29 is 9.53 Å². The molecule has 4 nitrogen and oxygen atoms in total. The fourth-order valence-electron chi connectivity index (χ4n) is 2.64. The summed E-state index contributed by atoms with van der Waals surface area (Å²) in [7, 11) is 0. The summed E-state index contributed by atoms with van der Waals surface area (Å²) in [6.45, 7) is 5.62. The number of alkyl carbamates (subject to hydrolysis) is 1.